The molecular formula is C13H26N2O2. The molecule has 0 saturated heterocycles. The van der Waals surface area contributed by atoms with Crippen LogP contribution in [0.3, 0.4) is 0 Å². The van der Waals surface area contributed by atoms with E-state index in [9.17, 15) is 9.90 Å². The standard InChI is InChI=1S/C13H26N2O2/c1-9(2)8-14-13(17)10(3)15-11-6-4-5-7-12(11)16/h9-12,15-16H,4-8H2,1-3H3,(H,14,17)/t10?,11-,12-/m0/s1. The second-order valence-corrected chi connectivity index (χ2v) is 5.49. The van der Waals surface area contributed by atoms with E-state index in [4.69, 9.17) is 0 Å². The van der Waals surface area contributed by atoms with Gasteiger partial charge in [-0.05, 0) is 25.7 Å². The van der Waals surface area contributed by atoms with E-state index in [-0.39, 0.29) is 24.1 Å². The van der Waals surface area contributed by atoms with Crippen LogP contribution in [0.15, 0.2) is 0 Å². The molecule has 0 bridgehead atoms. The molecule has 4 heteroatoms. The van der Waals surface area contributed by atoms with E-state index >= 15 is 0 Å². The summed E-state index contributed by atoms with van der Waals surface area (Å²) in [5, 5.41) is 16.0. The minimum absolute atomic E-state index is 0.0245. The largest absolute Gasteiger partial charge is 0.392 e. The molecule has 0 heterocycles. The highest BCUT2D eigenvalue weighted by molar-refractivity contribution is 5.81. The highest BCUT2D eigenvalue weighted by atomic mass is 16.3. The Hall–Kier alpha value is -0.610. The third-order valence-electron chi connectivity index (χ3n) is 3.27. The van der Waals surface area contributed by atoms with Crippen molar-refractivity contribution in [3.05, 3.63) is 0 Å². The molecular weight excluding hydrogens is 216 g/mol. The molecule has 1 amide bonds. The molecule has 0 aliphatic heterocycles. The van der Waals surface area contributed by atoms with Crippen molar-refractivity contribution in [1.82, 2.24) is 10.6 Å². The smallest absolute Gasteiger partial charge is 0.236 e. The third kappa shape index (κ3) is 5.04. The van der Waals surface area contributed by atoms with Gasteiger partial charge in [-0.3, -0.25) is 4.79 Å². The van der Waals surface area contributed by atoms with Gasteiger partial charge in [-0.2, -0.15) is 0 Å². The van der Waals surface area contributed by atoms with E-state index in [0.717, 1.165) is 25.7 Å². The maximum Gasteiger partial charge on any atom is 0.236 e. The number of amides is 1. The molecule has 1 unspecified atom stereocenters. The first kappa shape index (κ1) is 14.5. The van der Waals surface area contributed by atoms with Gasteiger partial charge < -0.3 is 15.7 Å². The lowest BCUT2D eigenvalue weighted by molar-refractivity contribution is -0.123. The Morgan fingerprint density at radius 3 is 2.53 bits per heavy atom. The molecule has 1 fully saturated rings. The summed E-state index contributed by atoms with van der Waals surface area (Å²) >= 11 is 0. The molecule has 0 radical (unpaired) electrons. The van der Waals surface area contributed by atoms with Gasteiger partial charge in [0.1, 0.15) is 0 Å². The zero-order valence-electron chi connectivity index (χ0n) is 11.2. The molecule has 0 aromatic carbocycles. The molecule has 1 aliphatic rings. The van der Waals surface area contributed by atoms with Crippen LogP contribution in [-0.4, -0.2) is 35.7 Å². The van der Waals surface area contributed by atoms with Crippen molar-refractivity contribution in [1.29, 1.82) is 0 Å². The highest BCUT2D eigenvalue weighted by Gasteiger charge is 2.26. The Morgan fingerprint density at radius 1 is 1.29 bits per heavy atom. The number of carbonyl (C=O) groups is 1. The summed E-state index contributed by atoms with van der Waals surface area (Å²) < 4.78 is 0. The molecule has 1 aliphatic carbocycles. The van der Waals surface area contributed by atoms with Crippen LogP contribution in [-0.2, 0) is 4.79 Å². The Bertz CT molecular complexity index is 244. The normalized spacial score (nSPS) is 26.9. The van der Waals surface area contributed by atoms with Crippen molar-refractivity contribution in [3.8, 4) is 0 Å². The average Bonchev–Trinajstić information content (AvgIpc) is 2.28. The number of aliphatic hydroxyl groups is 1. The fourth-order valence-corrected chi connectivity index (χ4v) is 2.16. The molecule has 0 aromatic rings. The van der Waals surface area contributed by atoms with Crippen LogP contribution >= 0.6 is 0 Å². The summed E-state index contributed by atoms with van der Waals surface area (Å²) in [5.74, 6) is 0.489. The number of hydrogen-bond acceptors (Lipinski definition) is 3. The zero-order chi connectivity index (χ0) is 12.8. The molecule has 3 atom stereocenters. The number of aliphatic hydroxyl groups excluding tert-OH is 1. The maximum atomic E-state index is 11.8. The van der Waals surface area contributed by atoms with Gasteiger partial charge in [0.25, 0.3) is 0 Å². The predicted octanol–water partition coefficient (Wildman–Crippen LogP) is 1.04. The summed E-state index contributed by atoms with van der Waals surface area (Å²) in [4.78, 5) is 11.8. The average molecular weight is 242 g/mol. The molecule has 4 nitrogen and oxygen atoms in total. The molecule has 17 heavy (non-hydrogen) atoms. The van der Waals surface area contributed by atoms with Crippen LogP contribution in [0.4, 0.5) is 0 Å². The van der Waals surface area contributed by atoms with Crippen molar-refractivity contribution in [3.63, 3.8) is 0 Å². The molecule has 1 rings (SSSR count). The SMILES string of the molecule is CC(C)CNC(=O)C(C)N[C@H]1CCCC[C@@H]1O. The molecule has 0 aromatic heterocycles. The van der Waals surface area contributed by atoms with Crippen LogP contribution in [0.2, 0.25) is 0 Å². The molecule has 100 valence electrons. The highest BCUT2D eigenvalue weighted by Crippen LogP contribution is 2.18. The quantitative estimate of drug-likeness (QED) is 0.675. The number of hydrogen-bond donors (Lipinski definition) is 3. The number of nitrogens with one attached hydrogen (secondary N) is 2. The van der Waals surface area contributed by atoms with Crippen LogP contribution in [0.5, 0.6) is 0 Å². The van der Waals surface area contributed by atoms with Gasteiger partial charge >= 0.3 is 0 Å². The predicted molar refractivity (Wildman–Crippen MR) is 68.7 cm³/mol. The van der Waals surface area contributed by atoms with Crippen LogP contribution in [0, 0.1) is 5.92 Å². The van der Waals surface area contributed by atoms with Gasteiger partial charge in [0.05, 0.1) is 12.1 Å². The van der Waals surface area contributed by atoms with Crippen LogP contribution in [0.25, 0.3) is 0 Å². The molecule has 1 saturated carbocycles. The van der Waals surface area contributed by atoms with E-state index in [1.54, 1.807) is 0 Å². The minimum Gasteiger partial charge on any atom is -0.392 e. The van der Waals surface area contributed by atoms with Crippen molar-refractivity contribution >= 4 is 5.91 Å². The summed E-state index contributed by atoms with van der Waals surface area (Å²) in [6.45, 7) is 6.71. The summed E-state index contributed by atoms with van der Waals surface area (Å²) in [7, 11) is 0. The summed E-state index contributed by atoms with van der Waals surface area (Å²) in [6.07, 6.45) is 3.73. The first-order valence-electron chi connectivity index (χ1n) is 6.72. The number of rotatable bonds is 5. The summed E-state index contributed by atoms with van der Waals surface area (Å²) in [5.41, 5.74) is 0. The van der Waals surface area contributed by atoms with Gasteiger partial charge in [0.15, 0.2) is 0 Å². The van der Waals surface area contributed by atoms with E-state index in [2.05, 4.69) is 24.5 Å². The first-order chi connectivity index (χ1) is 8.00. The second kappa shape index (κ2) is 6.97. The van der Waals surface area contributed by atoms with E-state index in [0.29, 0.717) is 12.5 Å². The van der Waals surface area contributed by atoms with Gasteiger partial charge in [-0.1, -0.05) is 26.7 Å². The third-order valence-corrected chi connectivity index (χ3v) is 3.27. The Morgan fingerprint density at radius 2 is 1.94 bits per heavy atom. The second-order valence-electron chi connectivity index (χ2n) is 5.49. The monoisotopic (exact) mass is 242 g/mol. The van der Waals surface area contributed by atoms with Gasteiger partial charge in [-0.15, -0.1) is 0 Å². The fraction of sp³-hybridized carbons (Fsp3) is 0.923. The van der Waals surface area contributed by atoms with Crippen molar-refractivity contribution < 1.29 is 9.90 Å². The maximum absolute atomic E-state index is 11.8. The summed E-state index contributed by atoms with van der Waals surface area (Å²) in [6, 6.07) is -0.157. The van der Waals surface area contributed by atoms with Gasteiger partial charge in [0, 0.05) is 12.6 Å². The van der Waals surface area contributed by atoms with E-state index < -0.39 is 0 Å². The van der Waals surface area contributed by atoms with Gasteiger partial charge in [0.2, 0.25) is 5.91 Å². The van der Waals surface area contributed by atoms with Gasteiger partial charge in [-0.25, -0.2) is 0 Å². The zero-order valence-corrected chi connectivity index (χ0v) is 11.2. The molecule has 0 spiro atoms. The topological polar surface area (TPSA) is 61.4 Å². The van der Waals surface area contributed by atoms with E-state index in [1.165, 1.54) is 0 Å². The fourth-order valence-electron chi connectivity index (χ4n) is 2.16. The lowest BCUT2D eigenvalue weighted by Gasteiger charge is -2.30. The number of carbonyl (C=O) groups excluding carboxylic acids is 1. The Kier molecular flexibility index (Phi) is 5.92. The lowest BCUT2D eigenvalue weighted by atomic mass is 9.92. The first-order valence-corrected chi connectivity index (χ1v) is 6.72. The van der Waals surface area contributed by atoms with Crippen LogP contribution in [0.1, 0.15) is 46.5 Å². The van der Waals surface area contributed by atoms with Crippen molar-refractivity contribution in [2.24, 2.45) is 5.92 Å². The Balaban J connectivity index is 2.31. The minimum atomic E-state index is -0.302. The lowest BCUT2D eigenvalue weighted by Crippen LogP contribution is -2.52. The van der Waals surface area contributed by atoms with Crippen LogP contribution < -0.4 is 10.6 Å². The molecule has 3 N–H and O–H groups in total. The van der Waals surface area contributed by atoms with E-state index in [1.807, 2.05) is 6.92 Å². The Labute approximate surface area is 104 Å². The van der Waals surface area contributed by atoms with Crippen molar-refractivity contribution in [2.45, 2.75) is 64.6 Å². The van der Waals surface area contributed by atoms with Crippen molar-refractivity contribution in [2.75, 3.05) is 6.54 Å².